The number of hydrogen-bond acceptors (Lipinski definition) is 3. The maximum atomic E-state index is 11.9. The fraction of sp³-hybridized carbons (Fsp3) is 0.0625. The fourth-order valence-corrected chi connectivity index (χ4v) is 1.99. The lowest BCUT2D eigenvalue weighted by Crippen LogP contribution is -2.08. The molecule has 0 aliphatic rings. The van der Waals surface area contributed by atoms with Gasteiger partial charge >= 0.3 is 0 Å². The Morgan fingerprint density at radius 1 is 1.19 bits per heavy atom. The smallest absolute Gasteiger partial charge is 0.249 e. The Hall–Kier alpha value is -2.95. The van der Waals surface area contributed by atoms with E-state index in [0.717, 1.165) is 16.6 Å². The highest BCUT2D eigenvalue weighted by atomic mass is 16.1. The summed E-state index contributed by atoms with van der Waals surface area (Å²) in [5, 5.41) is 10.4. The number of amides is 1. The highest BCUT2D eigenvalue weighted by molar-refractivity contribution is 6.05. The van der Waals surface area contributed by atoms with E-state index in [1.807, 2.05) is 49.4 Å². The summed E-state index contributed by atoms with van der Waals surface area (Å²) < 4.78 is 0. The van der Waals surface area contributed by atoms with Crippen molar-refractivity contribution in [1.82, 2.24) is 15.2 Å². The minimum atomic E-state index is -0.229. The second kappa shape index (κ2) is 5.58. The lowest BCUT2D eigenvalue weighted by molar-refractivity contribution is -0.111. The highest BCUT2D eigenvalue weighted by Crippen LogP contribution is 2.18. The fourth-order valence-electron chi connectivity index (χ4n) is 1.99. The summed E-state index contributed by atoms with van der Waals surface area (Å²) in [5.41, 5.74) is 2.53. The summed E-state index contributed by atoms with van der Waals surface area (Å²) in [5.74, 6) is 0.257. The molecule has 2 heterocycles. The largest absolute Gasteiger partial charge is 0.305 e. The number of carbonyl (C=O) groups excluding carboxylic acids is 1. The summed E-state index contributed by atoms with van der Waals surface area (Å²) in [6.07, 6.45) is 3.24. The number of carbonyl (C=O) groups is 1. The van der Waals surface area contributed by atoms with Crippen molar-refractivity contribution in [2.45, 2.75) is 6.92 Å². The highest BCUT2D eigenvalue weighted by Gasteiger charge is 2.08. The van der Waals surface area contributed by atoms with Crippen LogP contribution in [0, 0.1) is 6.92 Å². The van der Waals surface area contributed by atoms with Crippen LogP contribution in [0.25, 0.3) is 17.1 Å². The number of fused-ring (bicyclic) bond motifs is 1. The lowest BCUT2D eigenvalue weighted by Gasteiger charge is -1.98. The van der Waals surface area contributed by atoms with Gasteiger partial charge in [-0.25, -0.2) is 4.98 Å². The molecular formula is C16H14N4O. The van der Waals surface area contributed by atoms with Crippen molar-refractivity contribution in [2.24, 2.45) is 0 Å². The number of aryl methyl sites for hydroxylation is 1. The number of hydrogen-bond donors (Lipinski definition) is 2. The molecule has 0 spiro atoms. The second-order valence-electron chi connectivity index (χ2n) is 4.65. The van der Waals surface area contributed by atoms with Gasteiger partial charge < -0.3 is 5.32 Å². The normalized spacial score (nSPS) is 11.1. The molecule has 2 N–H and O–H groups in total. The van der Waals surface area contributed by atoms with E-state index >= 15 is 0 Å². The molecule has 5 nitrogen and oxygen atoms in total. The van der Waals surface area contributed by atoms with E-state index in [1.54, 1.807) is 6.08 Å². The van der Waals surface area contributed by atoms with Crippen LogP contribution in [0.15, 0.2) is 48.5 Å². The third-order valence-electron chi connectivity index (χ3n) is 3.03. The molecule has 21 heavy (non-hydrogen) atoms. The lowest BCUT2D eigenvalue weighted by atomic mass is 10.2. The number of nitrogens with one attached hydrogen (secondary N) is 2. The van der Waals surface area contributed by atoms with Crippen LogP contribution in [0.5, 0.6) is 0 Å². The number of anilines is 1. The molecule has 0 saturated heterocycles. The predicted octanol–water partition coefficient (Wildman–Crippen LogP) is 2.92. The van der Waals surface area contributed by atoms with E-state index in [9.17, 15) is 4.79 Å². The Bertz CT molecular complexity index is 806. The topological polar surface area (TPSA) is 70.7 Å². The van der Waals surface area contributed by atoms with Crippen LogP contribution >= 0.6 is 0 Å². The van der Waals surface area contributed by atoms with E-state index in [4.69, 9.17) is 0 Å². The number of aromatic nitrogens is 3. The minimum Gasteiger partial charge on any atom is -0.305 e. The van der Waals surface area contributed by atoms with Gasteiger partial charge in [0.1, 0.15) is 0 Å². The Morgan fingerprint density at radius 2 is 2.00 bits per heavy atom. The zero-order valence-electron chi connectivity index (χ0n) is 11.5. The first-order chi connectivity index (χ1) is 10.2. The molecule has 104 valence electrons. The number of benzene rings is 1. The van der Waals surface area contributed by atoms with Gasteiger partial charge in [-0.2, -0.15) is 5.10 Å². The van der Waals surface area contributed by atoms with Crippen molar-refractivity contribution in [3.63, 3.8) is 0 Å². The number of aromatic amines is 1. The van der Waals surface area contributed by atoms with E-state index < -0.39 is 0 Å². The van der Waals surface area contributed by atoms with E-state index in [1.165, 1.54) is 6.08 Å². The predicted molar refractivity (Wildman–Crippen MR) is 82.7 cm³/mol. The van der Waals surface area contributed by atoms with Gasteiger partial charge in [0, 0.05) is 11.8 Å². The second-order valence-corrected chi connectivity index (χ2v) is 4.65. The van der Waals surface area contributed by atoms with Crippen molar-refractivity contribution >= 4 is 28.8 Å². The van der Waals surface area contributed by atoms with E-state index in [2.05, 4.69) is 20.5 Å². The Labute approximate surface area is 121 Å². The van der Waals surface area contributed by atoms with Gasteiger partial charge in [0.05, 0.1) is 5.39 Å². The molecule has 2 aromatic heterocycles. The first kappa shape index (κ1) is 13.1. The van der Waals surface area contributed by atoms with Crippen molar-refractivity contribution in [1.29, 1.82) is 0 Å². The molecule has 3 aromatic rings. The average molecular weight is 278 g/mol. The molecule has 0 bridgehead atoms. The molecule has 0 unspecified atom stereocenters. The first-order valence-electron chi connectivity index (χ1n) is 6.58. The SMILES string of the molecule is Cc1ccc2c(NC(=O)/C=C/c3ccccc3)n[nH]c2n1. The zero-order chi connectivity index (χ0) is 14.7. The zero-order valence-corrected chi connectivity index (χ0v) is 11.5. The maximum absolute atomic E-state index is 11.9. The molecule has 0 radical (unpaired) electrons. The molecule has 0 aliphatic heterocycles. The molecule has 0 atom stereocenters. The van der Waals surface area contributed by atoms with Crippen molar-refractivity contribution in [3.05, 3.63) is 59.8 Å². The van der Waals surface area contributed by atoms with Gasteiger partial charge in [-0.05, 0) is 30.7 Å². The van der Waals surface area contributed by atoms with Crippen LogP contribution in [0.1, 0.15) is 11.3 Å². The number of pyridine rings is 1. The minimum absolute atomic E-state index is 0.229. The van der Waals surface area contributed by atoms with Crippen LogP contribution < -0.4 is 5.32 Å². The quantitative estimate of drug-likeness (QED) is 0.724. The van der Waals surface area contributed by atoms with Crippen molar-refractivity contribution in [2.75, 3.05) is 5.32 Å². The number of nitrogens with zero attached hydrogens (tertiary/aromatic N) is 2. The molecular weight excluding hydrogens is 264 g/mol. The van der Waals surface area contributed by atoms with Gasteiger partial charge in [-0.1, -0.05) is 30.3 Å². The third-order valence-corrected chi connectivity index (χ3v) is 3.03. The van der Waals surface area contributed by atoms with Crippen molar-refractivity contribution < 1.29 is 4.79 Å². The van der Waals surface area contributed by atoms with Crippen LogP contribution in [0.2, 0.25) is 0 Å². The number of rotatable bonds is 3. The molecule has 5 heteroatoms. The van der Waals surface area contributed by atoms with Gasteiger partial charge in [0.25, 0.3) is 0 Å². The van der Waals surface area contributed by atoms with E-state index in [-0.39, 0.29) is 5.91 Å². The third kappa shape index (κ3) is 2.97. The van der Waals surface area contributed by atoms with Crippen LogP contribution in [0.4, 0.5) is 5.82 Å². The maximum Gasteiger partial charge on any atom is 0.249 e. The van der Waals surface area contributed by atoms with E-state index in [0.29, 0.717) is 11.5 Å². The summed E-state index contributed by atoms with van der Waals surface area (Å²) >= 11 is 0. The monoisotopic (exact) mass is 278 g/mol. The average Bonchev–Trinajstić information content (AvgIpc) is 2.88. The molecule has 0 fully saturated rings. The molecule has 1 aromatic carbocycles. The van der Waals surface area contributed by atoms with Gasteiger partial charge in [-0.15, -0.1) is 0 Å². The molecule has 3 rings (SSSR count). The summed E-state index contributed by atoms with van der Waals surface area (Å²) in [7, 11) is 0. The number of H-pyrrole nitrogens is 1. The first-order valence-corrected chi connectivity index (χ1v) is 6.58. The Kier molecular flexibility index (Phi) is 3.47. The standard InChI is InChI=1S/C16H14N4O/c1-11-7-9-13-15(17-11)19-20-16(13)18-14(21)10-8-12-5-3-2-4-6-12/h2-10H,1H3,(H2,17,18,19,20,21)/b10-8+. The molecule has 0 saturated carbocycles. The Balaban J connectivity index is 1.76. The van der Waals surface area contributed by atoms with Crippen LogP contribution in [-0.2, 0) is 4.79 Å². The summed E-state index contributed by atoms with van der Waals surface area (Å²) in [6, 6.07) is 13.4. The van der Waals surface area contributed by atoms with Gasteiger partial charge in [0.2, 0.25) is 5.91 Å². The van der Waals surface area contributed by atoms with Crippen LogP contribution in [-0.4, -0.2) is 21.1 Å². The van der Waals surface area contributed by atoms with Crippen LogP contribution in [0.3, 0.4) is 0 Å². The summed E-state index contributed by atoms with van der Waals surface area (Å²) in [6.45, 7) is 1.90. The van der Waals surface area contributed by atoms with Crippen molar-refractivity contribution in [3.8, 4) is 0 Å². The molecule has 0 aliphatic carbocycles. The van der Waals surface area contributed by atoms with Gasteiger partial charge in [-0.3, -0.25) is 9.89 Å². The Morgan fingerprint density at radius 3 is 2.81 bits per heavy atom. The molecule has 1 amide bonds. The summed E-state index contributed by atoms with van der Waals surface area (Å²) in [4.78, 5) is 16.2. The van der Waals surface area contributed by atoms with Gasteiger partial charge in [0.15, 0.2) is 11.5 Å².